The van der Waals surface area contributed by atoms with Crippen molar-refractivity contribution in [1.29, 1.82) is 0 Å². The minimum atomic E-state index is -4.04. The van der Waals surface area contributed by atoms with Crippen LogP contribution in [0.1, 0.15) is 30.9 Å². The highest BCUT2D eigenvalue weighted by Gasteiger charge is 2.21. The highest BCUT2D eigenvalue weighted by molar-refractivity contribution is 7.89. The molecule has 32 heavy (non-hydrogen) atoms. The van der Waals surface area contributed by atoms with Crippen LogP contribution >= 0.6 is 0 Å². The van der Waals surface area contributed by atoms with Crippen LogP contribution in [0.25, 0.3) is 0 Å². The number of phenolic OH excluding ortho intramolecular Hbond substituents is 1. The number of hydrogen-bond donors (Lipinski definition) is 4. The van der Waals surface area contributed by atoms with Gasteiger partial charge in [-0.15, -0.1) is 0 Å². The van der Waals surface area contributed by atoms with Gasteiger partial charge < -0.3 is 20.5 Å². The molecule has 0 heterocycles. The number of ether oxygens (including phenoxy) is 1. The summed E-state index contributed by atoms with van der Waals surface area (Å²) in [6.45, 7) is 3.68. The van der Waals surface area contributed by atoms with Gasteiger partial charge in [0.15, 0.2) is 5.75 Å². The predicted octanol–water partition coefficient (Wildman–Crippen LogP) is 4.33. The molecule has 0 amide bonds. The van der Waals surface area contributed by atoms with E-state index in [0.717, 1.165) is 24.0 Å². The maximum atomic E-state index is 12.4. The topological polar surface area (TPSA) is 114 Å². The molecule has 0 bridgehead atoms. The summed E-state index contributed by atoms with van der Waals surface area (Å²) >= 11 is 0. The number of primary sulfonamides is 1. The smallest absolute Gasteiger partial charge is 0.241 e. The Labute approximate surface area is 189 Å². The number of unbranched alkanes of at least 4 members (excludes halogenated alkanes) is 1. The molecule has 3 rings (SSSR count). The van der Waals surface area contributed by atoms with Crippen molar-refractivity contribution < 1.29 is 18.3 Å². The van der Waals surface area contributed by atoms with E-state index in [1.165, 1.54) is 6.07 Å². The maximum Gasteiger partial charge on any atom is 0.241 e. The largest absolute Gasteiger partial charge is 0.508 e. The number of nitrogens with one attached hydrogen (secondary N) is 2. The van der Waals surface area contributed by atoms with Gasteiger partial charge in [-0.3, -0.25) is 0 Å². The fraction of sp³-hybridized carbons (Fsp3) is 0.250. The quantitative estimate of drug-likeness (QED) is 0.320. The summed E-state index contributed by atoms with van der Waals surface area (Å²) in [5.74, 6) is 0.905. The monoisotopic (exact) mass is 455 g/mol. The standard InChI is InChI=1S/C24H29N3O4S/c1-2-3-12-27-22-14-19(17-26-16-18-8-7-9-20(28)13-18)15-23(32(25,29)30)24(22)31-21-10-5-4-6-11-21/h4-11,13-15,26-28H,2-3,12,16-17H2,1H3,(H2,25,29,30). The molecule has 0 saturated carbocycles. The summed E-state index contributed by atoms with van der Waals surface area (Å²) in [6.07, 6.45) is 1.92. The minimum absolute atomic E-state index is 0.0722. The number of rotatable bonds is 11. The third-order valence-corrected chi connectivity index (χ3v) is 5.72. The van der Waals surface area contributed by atoms with E-state index in [9.17, 15) is 13.5 Å². The number of benzene rings is 3. The average Bonchev–Trinajstić information content (AvgIpc) is 2.75. The van der Waals surface area contributed by atoms with E-state index in [4.69, 9.17) is 9.88 Å². The fourth-order valence-electron chi connectivity index (χ4n) is 3.23. The average molecular weight is 456 g/mol. The van der Waals surface area contributed by atoms with Crippen molar-refractivity contribution in [3.05, 3.63) is 77.9 Å². The van der Waals surface area contributed by atoms with Gasteiger partial charge in [-0.05, 0) is 53.9 Å². The SMILES string of the molecule is CCCCNc1cc(CNCc2cccc(O)c2)cc(S(N)(=O)=O)c1Oc1ccccc1. The predicted molar refractivity (Wildman–Crippen MR) is 126 cm³/mol. The molecule has 0 saturated heterocycles. The van der Waals surface area contributed by atoms with Crippen LogP contribution in [-0.4, -0.2) is 20.1 Å². The van der Waals surface area contributed by atoms with Gasteiger partial charge in [-0.2, -0.15) is 0 Å². The number of para-hydroxylation sites is 1. The van der Waals surface area contributed by atoms with Crippen LogP contribution in [-0.2, 0) is 23.1 Å². The molecule has 3 aromatic rings. The lowest BCUT2D eigenvalue weighted by molar-refractivity contribution is 0.468. The number of anilines is 1. The molecule has 0 aliphatic heterocycles. The van der Waals surface area contributed by atoms with Crippen molar-refractivity contribution in [2.75, 3.05) is 11.9 Å². The van der Waals surface area contributed by atoms with Crippen molar-refractivity contribution in [1.82, 2.24) is 5.32 Å². The molecule has 0 radical (unpaired) electrons. The second-order valence-electron chi connectivity index (χ2n) is 7.48. The van der Waals surface area contributed by atoms with E-state index < -0.39 is 10.0 Å². The summed E-state index contributed by atoms with van der Waals surface area (Å²) in [7, 11) is -4.04. The van der Waals surface area contributed by atoms with Gasteiger partial charge in [0.1, 0.15) is 16.4 Å². The Hall–Kier alpha value is -3.07. The van der Waals surface area contributed by atoms with E-state index in [1.807, 2.05) is 30.3 Å². The second-order valence-corrected chi connectivity index (χ2v) is 9.01. The fourth-order valence-corrected chi connectivity index (χ4v) is 3.96. The normalized spacial score (nSPS) is 11.3. The first kappa shape index (κ1) is 23.6. The maximum absolute atomic E-state index is 12.4. The highest BCUT2D eigenvalue weighted by Crippen LogP contribution is 2.37. The van der Waals surface area contributed by atoms with Crippen LogP contribution < -0.4 is 20.5 Å². The van der Waals surface area contributed by atoms with Gasteiger partial charge >= 0.3 is 0 Å². The molecule has 170 valence electrons. The number of sulfonamides is 1. The van der Waals surface area contributed by atoms with Crippen LogP contribution in [0, 0.1) is 0 Å². The molecule has 8 heteroatoms. The van der Waals surface area contributed by atoms with E-state index >= 15 is 0 Å². The third kappa shape index (κ3) is 6.71. The molecular formula is C24H29N3O4S. The summed E-state index contributed by atoms with van der Waals surface area (Å²) in [4.78, 5) is -0.0722. The molecule has 7 nitrogen and oxygen atoms in total. The lowest BCUT2D eigenvalue weighted by atomic mass is 10.1. The number of nitrogens with two attached hydrogens (primary N) is 1. The molecule has 0 unspecified atom stereocenters. The van der Waals surface area contributed by atoms with Crippen LogP contribution in [0.15, 0.2) is 71.6 Å². The van der Waals surface area contributed by atoms with Gasteiger partial charge in [0, 0.05) is 19.6 Å². The lowest BCUT2D eigenvalue weighted by Crippen LogP contribution is -2.17. The Kier molecular flexibility index (Phi) is 8.10. The molecule has 0 aromatic heterocycles. The third-order valence-electron chi connectivity index (χ3n) is 4.80. The van der Waals surface area contributed by atoms with Crippen LogP contribution in [0.2, 0.25) is 0 Å². The van der Waals surface area contributed by atoms with Gasteiger partial charge in [0.2, 0.25) is 10.0 Å². The Balaban J connectivity index is 1.90. The van der Waals surface area contributed by atoms with Crippen molar-refractivity contribution in [3.8, 4) is 17.2 Å². The van der Waals surface area contributed by atoms with Crippen LogP contribution in [0.5, 0.6) is 17.2 Å². The molecular weight excluding hydrogens is 426 g/mol. The highest BCUT2D eigenvalue weighted by atomic mass is 32.2. The first-order valence-electron chi connectivity index (χ1n) is 10.5. The van der Waals surface area contributed by atoms with Crippen molar-refractivity contribution >= 4 is 15.7 Å². The zero-order chi connectivity index (χ0) is 23.0. The summed E-state index contributed by atoms with van der Waals surface area (Å²) in [6, 6.07) is 19.4. The Morgan fingerprint density at radius 3 is 2.41 bits per heavy atom. The van der Waals surface area contributed by atoms with E-state index in [2.05, 4.69) is 17.6 Å². The zero-order valence-corrected chi connectivity index (χ0v) is 18.9. The van der Waals surface area contributed by atoms with Crippen LogP contribution in [0.3, 0.4) is 0 Å². The summed E-state index contributed by atoms with van der Waals surface area (Å²) < 4.78 is 30.8. The van der Waals surface area contributed by atoms with Gasteiger partial charge in [0.25, 0.3) is 0 Å². The van der Waals surface area contributed by atoms with Crippen molar-refractivity contribution in [3.63, 3.8) is 0 Å². The van der Waals surface area contributed by atoms with E-state index in [-0.39, 0.29) is 16.4 Å². The zero-order valence-electron chi connectivity index (χ0n) is 18.0. The molecule has 5 N–H and O–H groups in total. The Bertz CT molecular complexity index is 1140. The first-order chi connectivity index (χ1) is 15.4. The van der Waals surface area contributed by atoms with Gasteiger partial charge in [-0.25, -0.2) is 13.6 Å². The van der Waals surface area contributed by atoms with E-state index in [1.54, 1.807) is 30.3 Å². The molecule has 3 aromatic carbocycles. The summed E-state index contributed by atoms with van der Waals surface area (Å²) in [5, 5.41) is 21.7. The van der Waals surface area contributed by atoms with Gasteiger partial charge in [-0.1, -0.05) is 43.7 Å². The molecule has 0 aliphatic carbocycles. The minimum Gasteiger partial charge on any atom is -0.508 e. The molecule has 0 aliphatic rings. The first-order valence-corrected chi connectivity index (χ1v) is 12.1. The molecule has 0 fully saturated rings. The molecule has 0 atom stereocenters. The second kappa shape index (κ2) is 11.0. The number of phenols is 1. The van der Waals surface area contributed by atoms with E-state index in [0.29, 0.717) is 31.1 Å². The van der Waals surface area contributed by atoms with Crippen molar-refractivity contribution in [2.24, 2.45) is 5.14 Å². The Morgan fingerprint density at radius 2 is 1.72 bits per heavy atom. The Morgan fingerprint density at radius 1 is 0.969 bits per heavy atom. The van der Waals surface area contributed by atoms with Crippen LogP contribution in [0.4, 0.5) is 5.69 Å². The number of aromatic hydroxyl groups is 1. The van der Waals surface area contributed by atoms with Crippen molar-refractivity contribution in [2.45, 2.75) is 37.8 Å². The summed E-state index contributed by atoms with van der Waals surface area (Å²) in [5.41, 5.74) is 2.23. The van der Waals surface area contributed by atoms with Gasteiger partial charge in [0.05, 0.1) is 5.69 Å². The molecule has 0 spiro atoms. The number of hydrogen-bond acceptors (Lipinski definition) is 6. The lowest BCUT2D eigenvalue weighted by Gasteiger charge is -2.18.